The molecule has 0 spiro atoms. The number of pyridine rings is 1. The molecule has 0 unspecified atom stereocenters. The Morgan fingerprint density at radius 1 is 1.17 bits per heavy atom. The smallest absolute Gasteiger partial charge is 0.255 e. The van der Waals surface area contributed by atoms with E-state index in [9.17, 15) is 9.59 Å². The summed E-state index contributed by atoms with van der Waals surface area (Å²) < 4.78 is 0. The molecule has 0 aliphatic heterocycles. The van der Waals surface area contributed by atoms with E-state index in [2.05, 4.69) is 15.6 Å². The van der Waals surface area contributed by atoms with Crippen LogP contribution in [0.5, 0.6) is 0 Å². The number of aromatic nitrogens is 1. The van der Waals surface area contributed by atoms with Crippen LogP contribution >= 0.6 is 0 Å². The molecule has 5 heteroatoms. The number of anilines is 1. The van der Waals surface area contributed by atoms with Gasteiger partial charge in [0.15, 0.2) is 0 Å². The van der Waals surface area contributed by atoms with Crippen LogP contribution in [0.25, 0.3) is 10.8 Å². The van der Waals surface area contributed by atoms with Crippen LogP contribution in [0.4, 0.5) is 5.69 Å². The molecule has 1 aromatic heterocycles. The highest BCUT2D eigenvalue weighted by Gasteiger charge is 2.13. The van der Waals surface area contributed by atoms with Gasteiger partial charge in [0.25, 0.3) is 5.56 Å². The van der Waals surface area contributed by atoms with Crippen LogP contribution in [0.15, 0.2) is 35.3 Å². The predicted molar refractivity (Wildman–Crippen MR) is 92.6 cm³/mol. The van der Waals surface area contributed by atoms with E-state index in [1.54, 1.807) is 18.3 Å². The third kappa shape index (κ3) is 4.20. The van der Waals surface area contributed by atoms with Crippen molar-refractivity contribution in [3.63, 3.8) is 0 Å². The molecule has 3 rings (SSSR count). The molecular weight excluding hydrogens is 290 g/mol. The summed E-state index contributed by atoms with van der Waals surface area (Å²) in [5.41, 5.74) is 0.599. The third-order valence-corrected chi connectivity index (χ3v) is 4.50. The molecule has 1 aliphatic carbocycles. The van der Waals surface area contributed by atoms with Gasteiger partial charge in [0, 0.05) is 17.3 Å². The van der Waals surface area contributed by atoms with Crippen LogP contribution in [0.1, 0.15) is 32.1 Å². The lowest BCUT2D eigenvalue weighted by Gasteiger charge is -2.21. The van der Waals surface area contributed by atoms with Gasteiger partial charge in [-0.15, -0.1) is 0 Å². The quantitative estimate of drug-likeness (QED) is 0.794. The molecule has 0 atom stereocenters. The van der Waals surface area contributed by atoms with Crippen molar-refractivity contribution in [2.75, 3.05) is 18.4 Å². The topological polar surface area (TPSA) is 74.0 Å². The van der Waals surface area contributed by atoms with Gasteiger partial charge in [0.05, 0.1) is 6.54 Å². The molecule has 3 N–H and O–H groups in total. The molecule has 1 fully saturated rings. The number of rotatable bonds is 5. The zero-order chi connectivity index (χ0) is 16.1. The highest BCUT2D eigenvalue weighted by atomic mass is 16.2. The van der Waals surface area contributed by atoms with Gasteiger partial charge in [0.2, 0.25) is 5.91 Å². The van der Waals surface area contributed by atoms with Crippen molar-refractivity contribution < 1.29 is 4.79 Å². The summed E-state index contributed by atoms with van der Waals surface area (Å²) in [6.45, 7) is 1.24. The van der Waals surface area contributed by atoms with Crippen molar-refractivity contribution in [1.82, 2.24) is 10.3 Å². The van der Waals surface area contributed by atoms with Gasteiger partial charge in [-0.05, 0) is 55.0 Å². The van der Waals surface area contributed by atoms with E-state index in [0.29, 0.717) is 23.5 Å². The molecule has 0 radical (unpaired) electrons. The average molecular weight is 313 g/mol. The van der Waals surface area contributed by atoms with Crippen molar-refractivity contribution >= 4 is 22.4 Å². The Labute approximate surface area is 135 Å². The maximum Gasteiger partial charge on any atom is 0.255 e. The molecule has 0 saturated heterocycles. The Morgan fingerprint density at radius 2 is 2.00 bits per heavy atom. The van der Waals surface area contributed by atoms with Crippen LogP contribution in [-0.4, -0.2) is 24.0 Å². The van der Waals surface area contributed by atoms with Crippen molar-refractivity contribution in [2.45, 2.75) is 32.1 Å². The molecule has 1 heterocycles. The van der Waals surface area contributed by atoms with Gasteiger partial charge >= 0.3 is 0 Å². The van der Waals surface area contributed by atoms with Crippen molar-refractivity contribution in [1.29, 1.82) is 0 Å². The van der Waals surface area contributed by atoms with Gasteiger partial charge in [0.1, 0.15) is 0 Å². The zero-order valence-electron chi connectivity index (χ0n) is 13.2. The Balaban J connectivity index is 1.52. The number of carbonyl (C=O) groups is 1. The van der Waals surface area contributed by atoms with Crippen LogP contribution in [0.2, 0.25) is 0 Å². The fraction of sp³-hybridized carbons (Fsp3) is 0.444. The average Bonchev–Trinajstić information content (AvgIpc) is 2.56. The first-order valence-corrected chi connectivity index (χ1v) is 8.34. The number of carbonyl (C=O) groups excluding carboxylic acids is 1. The lowest BCUT2D eigenvalue weighted by molar-refractivity contribution is -0.115. The fourth-order valence-corrected chi connectivity index (χ4v) is 3.26. The normalized spacial score (nSPS) is 15.7. The van der Waals surface area contributed by atoms with E-state index in [4.69, 9.17) is 0 Å². The summed E-state index contributed by atoms with van der Waals surface area (Å²) in [5, 5.41) is 7.58. The van der Waals surface area contributed by atoms with E-state index in [1.165, 1.54) is 32.1 Å². The van der Waals surface area contributed by atoms with E-state index in [-0.39, 0.29) is 11.5 Å². The van der Waals surface area contributed by atoms with E-state index in [1.807, 2.05) is 12.1 Å². The first-order chi connectivity index (χ1) is 11.2. The molecule has 1 aromatic carbocycles. The zero-order valence-corrected chi connectivity index (χ0v) is 13.2. The Bertz CT molecular complexity index is 732. The third-order valence-electron chi connectivity index (χ3n) is 4.50. The number of hydrogen-bond acceptors (Lipinski definition) is 3. The fourth-order valence-electron chi connectivity index (χ4n) is 3.26. The molecule has 122 valence electrons. The number of H-pyrrole nitrogens is 1. The number of nitrogens with one attached hydrogen (secondary N) is 3. The van der Waals surface area contributed by atoms with Crippen LogP contribution in [-0.2, 0) is 4.79 Å². The summed E-state index contributed by atoms with van der Waals surface area (Å²) in [6, 6.07) is 7.15. The van der Waals surface area contributed by atoms with Gasteiger partial charge < -0.3 is 15.6 Å². The maximum atomic E-state index is 12.0. The van der Waals surface area contributed by atoms with Gasteiger partial charge in [-0.2, -0.15) is 0 Å². The van der Waals surface area contributed by atoms with Crippen LogP contribution in [0, 0.1) is 5.92 Å². The molecule has 1 amide bonds. The number of aromatic amines is 1. The summed E-state index contributed by atoms with van der Waals surface area (Å²) >= 11 is 0. The van der Waals surface area contributed by atoms with E-state index < -0.39 is 0 Å². The number of fused-ring (bicyclic) bond motifs is 1. The minimum atomic E-state index is -0.116. The molecule has 5 nitrogen and oxygen atoms in total. The Morgan fingerprint density at radius 3 is 2.83 bits per heavy atom. The molecule has 2 aromatic rings. The molecule has 0 bridgehead atoms. The first-order valence-electron chi connectivity index (χ1n) is 8.34. The number of hydrogen-bond donors (Lipinski definition) is 3. The van der Waals surface area contributed by atoms with Gasteiger partial charge in [-0.1, -0.05) is 19.3 Å². The SMILES string of the molecule is O=C(CNCC1CCCCC1)Nc1ccc2c(=O)[nH]ccc2c1. The summed E-state index contributed by atoms with van der Waals surface area (Å²) in [4.78, 5) is 26.3. The Hall–Kier alpha value is -2.14. The minimum absolute atomic E-state index is 0.0509. The van der Waals surface area contributed by atoms with Crippen LogP contribution < -0.4 is 16.2 Å². The summed E-state index contributed by atoms with van der Waals surface area (Å²) in [7, 11) is 0. The van der Waals surface area contributed by atoms with Crippen molar-refractivity contribution in [2.24, 2.45) is 5.92 Å². The lowest BCUT2D eigenvalue weighted by Crippen LogP contribution is -2.32. The summed E-state index contributed by atoms with van der Waals surface area (Å²) in [6.07, 6.45) is 8.13. The van der Waals surface area contributed by atoms with Crippen LogP contribution in [0.3, 0.4) is 0 Å². The second-order valence-electron chi connectivity index (χ2n) is 6.29. The molecule has 1 aliphatic rings. The van der Waals surface area contributed by atoms with Crippen molar-refractivity contribution in [3.8, 4) is 0 Å². The Kier molecular flexibility index (Phi) is 5.08. The monoisotopic (exact) mass is 313 g/mol. The number of amides is 1. The second-order valence-corrected chi connectivity index (χ2v) is 6.29. The molecule has 23 heavy (non-hydrogen) atoms. The van der Waals surface area contributed by atoms with Gasteiger partial charge in [-0.25, -0.2) is 0 Å². The first kappa shape index (κ1) is 15.7. The maximum absolute atomic E-state index is 12.0. The van der Waals surface area contributed by atoms with E-state index >= 15 is 0 Å². The minimum Gasteiger partial charge on any atom is -0.329 e. The second kappa shape index (κ2) is 7.42. The molecular formula is C18H23N3O2. The molecule has 1 saturated carbocycles. The standard InChI is InChI=1S/C18H23N3O2/c22-17(12-19-11-13-4-2-1-3-5-13)21-15-6-7-16-14(10-15)8-9-20-18(16)23/h6-10,13,19H,1-5,11-12H2,(H,20,23)(H,21,22). The largest absolute Gasteiger partial charge is 0.329 e. The predicted octanol–water partition coefficient (Wildman–Crippen LogP) is 2.64. The van der Waals surface area contributed by atoms with Gasteiger partial charge in [-0.3, -0.25) is 9.59 Å². The highest BCUT2D eigenvalue weighted by Crippen LogP contribution is 2.22. The summed E-state index contributed by atoms with van der Waals surface area (Å²) in [5.74, 6) is 0.661. The van der Waals surface area contributed by atoms with Crippen molar-refractivity contribution in [3.05, 3.63) is 40.8 Å². The highest BCUT2D eigenvalue weighted by molar-refractivity contribution is 5.95. The number of benzene rings is 1. The lowest BCUT2D eigenvalue weighted by atomic mass is 9.89. The van der Waals surface area contributed by atoms with E-state index in [0.717, 1.165) is 11.9 Å².